The molecule has 0 saturated carbocycles. The molecule has 2 aromatic rings. The number of methoxy groups -OCH3 is 2. The predicted octanol–water partition coefficient (Wildman–Crippen LogP) is 0.972. The summed E-state index contributed by atoms with van der Waals surface area (Å²) in [6.07, 6.45) is 1.47. The average Bonchev–Trinajstić information content (AvgIpc) is 3.22. The number of benzene rings is 1. The molecule has 0 aliphatic heterocycles. The highest BCUT2D eigenvalue weighted by Crippen LogP contribution is 2.23. The number of ether oxygens (including phenoxy) is 2. The maximum absolute atomic E-state index is 11.7. The van der Waals surface area contributed by atoms with Crippen LogP contribution in [0.4, 0.5) is 0 Å². The van der Waals surface area contributed by atoms with Crippen molar-refractivity contribution in [1.82, 2.24) is 10.6 Å². The quantitative estimate of drug-likeness (QED) is 0.380. The summed E-state index contributed by atoms with van der Waals surface area (Å²) in [5.74, 6) is -1.97. The van der Waals surface area contributed by atoms with Crippen molar-refractivity contribution in [2.75, 3.05) is 27.3 Å². The van der Waals surface area contributed by atoms with Gasteiger partial charge in [0.2, 0.25) is 0 Å². The molecule has 10 nitrogen and oxygen atoms in total. The van der Waals surface area contributed by atoms with Gasteiger partial charge < -0.3 is 34.7 Å². The number of carboxylic acid groups (broad SMARTS) is 2. The van der Waals surface area contributed by atoms with Crippen LogP contribution >= 0.6 is 0 Å². The van der Waals surface area contributed by atoms with Gasteiger partial charge in [0.1, 0.15) is 11.5 Å². The molecule has 0 bridgehead atoms. The highest BCUT2D eigenvalue weighted by molar-refractivity contribution is 6.27. The lowest BCUT2D eigenvalue weighted by Gasteiger charge is -2.11. The van der Waals surface area contributed by atoms with Gasteiger partial charge in [-0.3, -0.25) is 4.79 Å². The number of carboxylic acids is 2. The Morgan fingerprint density at radius 1 is 1.04 bits per heavy atom. The summed E-state index contributed by atoms with van der Waals surface area (Å²) < 4.78 is 15.5. The molecule has 10 heteroatoms. The number of amides is 1. The Hall–Kier alpha value is -3.53. The van der Waals surface area contributed by atoms with E-state index in [-0.39, 0.29) is 5.91 Å². The second-order valence-electron chi connectivity index (χ2n) is 5.20. The van der Waals surface area contributed by atoms with E-state index < -0.39 is 11.9 Å². The monoisotopic (exact) mass is 394 g/mol. The van der Waals surface area contributed by atoms with Crippen molar-refractivity contribution in [2.45, 2.75) is 6.54 Å². The van der Waals surface area contributed by atoms with Crippen molar-refractivity contribution < 1.29 is 38.5 Å². The van der Waals surface area contributed by atoms with Crippen LogP contribution in [0.15, 0.2) is 41.0 Å². The summed E-state index contributed by atoms with van der Waals surface area (Å²) in [6, 6.07) is 8.96. The molecule has 0 saturated heterocycles. The van der Waals surface area contributed by atoms with E-state index >= 15 is 0 Å². The molecule has 152 valence electrons. The highest BCUT2D eigenvalue weighted by atomic mass is 16.5. The number of hydrogen-bond donors (Lipinski definition) is 4. The molecule has 1 amide bonds. The normalized spacial score (nSPS) is 9.64. The lowest BCUT2D eigenvalue weighted by Crippen LogP contribution is -2.31. The van der Waals surface area contributed by atoms with Crippen LogP contribution in [0.3, 0.4) is 0 Å². The lowest BCUT2D eigenvalue weighted by atomic mass is 10.2. The summed E-state index contributed by atoms with van der Waals surface area (Å²) >= 11 is 0. The van der Waals surface area contributed by atoms with Crippen molar-refractivity contribution in [1.29, 1.82) is 0 Å². The molecule has 1 heterocycles. The van der Waals surface area contributed by atoms with Gasteiger partial charge in [0.15, 0.2) is 5.76 Å². The molecule has 0 atom stereocenters. The van der Waals surface area contributed by atoms with Crippen LogP contribution in [0.1, 0.15) is 16.1 Å². The van der Waals surface area contributed by atoms with E-state index in [0.717, 1.165) is 17.1 Å². The zero-order valence-electron chi connectivity index (χ0n) is 15.4. The zero-order valence-corrected chi connectivity index (χ0v) is 15.4. The van der Waals surface area contributed by atoms with Crippen LogP contribution in [0.25, 0.3) is 0 Å². The first-order valence-corrected chi connectivity index (χ1v) is 8.08. The Labute approximate surface area is 161 Å². The molecule has 28 heavy (non-hydrogen) atoms. The maximum Gasteiger partial charge on any atom is 0.414 e. The van der Waals surface area contributed by atoms with Gasteiger partial charge in [-0.15, -0.1) is 0 Å². The number of hydrogen-bond acceptors (Lipinski definition) is 7. The van der Waals surface area contributed by atoms with Gasteiger partial charge in [0, 0.05) is 25.2 Å². The minimum absolute atomic E-state index is 0.217. The zero-order chi connectivity index (χ0) is 20.9. The number of carbonyl (C=O) groups excluding carboxylic acids is 1. The van der Waals surface area contributed by atoms with Crippen LogP contribution in [0.2, 0.25) is 0 Å². The molecule has 1 aromatic carbocycles. The Kier molecular flexibility index (Phi) is 9.62. The van der Waals surface area contributed by atoms with Gasteiger partial charge in [0.05, 0.1) is 20.5 Å². The number of rotatable bonds is 8. The van der Waals surface area contributed by atoms with Crippen LogP contribution in [-0.4, -0.2) is 55.4 Å². The van der Waals surface area contributed by atoms with E-state index in [1.165, 1.54) is 6.26 Å². The first-order chi connectivity index (χ1) is 13.4. The van der Waals surface area contributed by atoms with Crippen LogP contribution < -0.4 is 20.1 Å². The molecule has 0 spiro atoms. The Morgan fingerprint density at radius 3 is 2.29 bits per heavy atom. The van der Waals surface area contributed by atoms with E-state index in [9.17, 15) is 4.79 Å². The van der Waals surface area contributed by atoms with Gasteiger partial charge in [-0.25, -0.2) is 9.59 Å². The lowest BCUT2D eigenvalue weighted by molar-refractivity contribution is -0.159. The van der Waals surface area contributed by atoms with Gasteiger partial charge in [-0.1, -0.05) is 0 Å². The molecule has 0 fully saturated rings. The van der Waals surface area contributed by atoms with E-state index in [2.05, 4.69) is 10.6 Å². The molecule has 0 radical (unpaired) electrons. The van der Waals surface area contributed by atoms with Crippen molar-refractivity contribution in [3.8, 4) is 11.5 Å². The van der Waals surface area contributed by atoms with E-state index in [4.69, 9.17) is 33.7 Å². The number of nitrogens with one attached hydrogen (secondary N) is 2. The fourth-order valence-corrected chi connectivity index (χ4v) is 2.00. The van der Waals surface area contributed by atoms with Crippen LogP contribution in [0, 0.1) is 0 Å². The molecule has 1 aromatic heterocycles. The first-order valence-electron chi connectivity index (χ1n) is 8.08. The maximum atomic E-state index is 11.7. The minimum atomic E-state index is -1.82. The summed E-state index contributed by atoms with van der Waals surface area (Å²) in [7, 11) is 3.26. The third-order valence-electron chi connectivity index (χ3n) is 3.32. The van der Waals surface area contributed by atoms with Gasteiger partial charge in [0.25, 0.3) is 5.91 Å². The summed E-state index contributed by atoms with van der Waals surface area (Å²) in [5, 5.41) is 20.8. The standard InChI is InChI=1S/C16H20N2O4.C2H2O4/c1-20-13-5-6-14(21-2)12(10-13)11-17-7-8-18-16(19)15-4-3-9-22-15;3-1(4)2(5)6/h3-6,9-10,17H,7-8,11H2,1-2H3,(H,18,19);(H,3,4)(H,5,6). The second-order valence-corrected chi connectivity index (χ2v) is 5.20. The fourth-order valence-electron chi connectivity index (χ4n) is 2.00. The molecule has 4 N–H and O–H groups in total. The molecule has 2 rings (SSSR count). The minimum Gasteiger partial charge on any atom is -0.497 e. The Bertz CT molecular complexity index is 762. The topological polar surface area (TPSA) is 147 Å². The number of carbonyl (C=O) groups is 3. The SMILES string of the molecule is COc1ccc(OC)c(CNCCNC(=O)c2ccco2)c1.O=C(O)C(=O)O. The van der Waals surface area contributed by atoms with E-state index in [1.807, 2.05) is 18.2 Å². The third kappa shape index (κ3) is 7.79. The summed E-state index contributed by atoms with van der Waals surface area (Å²) in [6.45, 7) is 1.76. The summed E-state index contributed by atoms with van der Waals surface area (Å²) in [4.78, 5) is 29.9. The fraction of sp³-hybridized carbons (Fsp3) is 0.278. The van der Waals surface area contributed by atoms with Gasteiger partial charge in [-0.05, 0) is 30.3 Å². The first kappa shape index (κ1) is 22.5. The number of furan rings is 1. The summed E-state index contributed by atoms with van der Waals surface area (Å²) in [5.41, 5.74) is 0.999. The van der Waals surface area contributed by atoms with Crippen LogP contribution in [0.5, 0.6) is 11.5 Å². The molecule has 0 unspecified atom stereocenters. The van der Waals surface area contributed by atoms with Crippen molar-refractivity contribution in [2.24, 2.45) is 0 Å². The van der Waals surface area contributed by atoms with Crippen molar-refractivity contribution in [3.05, 3.63) is 47.9 Å². The van der Waals surface area contributed by atoms with Gasteiger partial charge in [-0.2, -0.15) is 0 Å². The number of aliphatic carboxylic acids is 2. The highest BCUT2D eigenvalue weighted by Gasteiger charge is 2.07. The third-order valence-corrected chi connectivity index (χ3v) is 3.32. The van der Waals surface area contributed by atoms with Crippen molar-refractivity contribution in [3.63, 3.8) is 0 Å². The average molecular weight is 394 g/mol. The predicted molar refractivity (Wildman–Crippen MR) is 97.6 cm³/mol. The molecule has 0 aliphatic rings. The van der Waals surface area contributed by atoms with E-state index in [0.29, 0.717) is 25.4 Å². The Morgan fingerprint density at radius 2 is 1.75 bits per heavy atom. The Balaban J connectivity index is 0.000000568. The molecule has 0 aliphatic carbocycles. The molecular weight excluding hydrogens is 372 g/mol. The second kappa shape index (κ2) is 12.0. The smallest absolute Gasteiger partial charge is 0.414 e. The van der Waals surface area contributed by atoms with Crippen molar-refractivity contribution >= 4 is 17.8 Å². The largest absolute Gasteiger partial charge is 0.497 e. The van der Waals surface area contributed by atoms with E-state index in [1.54, 1.807) is 26.4 Å². The van der Waals surface area contributed by atoms with Crippen LogP contribution in [-0.2, 0) is 16.1 Å². The molecular formula is C18H22N2O8. The van der Waals surface area contributed by atoms with Gasteiger partial charge >= 0.3 is 11.9 Å².